The van der Waals surface area contributed by atoms with Gasteiger partial charge < -0.3 is 15.1 Å². The third kappa shape index (κ3) is 4.22. The zero-order chi connectivity index (χ0) is 17.6. The van der Waals surface area contributed by atoms with Gasteiger partial charge >= 0.3 is 0 Å². The van der Waals surface area contributed by atoms with Gasteiger partial charge in [0.05, 0.1) is 11.1 Å². The van der Waals surface area contributed by atoms with Crippen molar-refractivity contribution in [1.82, 2.24) is 14.8 Å². The largest absolute Gasteiger partial charge is 0.336 e. The van der Waals surface area contributed by atoms with E-state index in [4.69, 9.17) is 0 Å². The predicted octanol–water partition coefficient (Wildman–Crippen LogP) is 2.11. The average Bonchev–Trinajstić information content (AvgIpc) is 2.68. The van der Waals surface area contributed by atoms with Crippen LogP contribution in [0.4, 0.5) is 5.69 Å². The molecule has 0 saturated carbocycles. The highest BCUT2D eigenvalue weighted by Gasteiger charge is 2.22. The fourth-order valence-electron chi connectivity index (χ4n) is 2.86. The minimum atomic E-state index is -0.274. The molecule has 0 spiro atoms. The lowest BCUT2D eigenvalue weighted by molar-refractivity contribution is 0.0643. The normalized spacial score (nSPS) is 15.0. The third-order valence-electron chi connectivity index (χ3n) is 4.39. The lowest BCUT2D eigenvalue weighted by Gasteiger charge is -2.34. The molecule has 3 rings (SSSR count). The van der Waals surface area contributed by atoms with E-state index in [0.29, 0.717) is 29.9 Å². The highest BCUT2D eigenvalue weighted by Crippen LogP contribution is 2.12. The van der Waals surface area contributed by atoms with E-state index in [9.17, 15) is 9.59 Å². The summed E-state index contributed by atoms with van der Waals surface area (Å²) in [6.07, 6.45) is 3.00. The summed E-state index contributed by atoms with van der Waals surface area (Å²) < 4.78 is 0. The number of pyridine rings is 1. The second-order valence-corrected chi connectivity index (χ2v) is 6.01. The van der Waals surface area contributed by atoms with Crippen molar-refractivity contribution in [3.8, 4) is 0 Å². The lowest BCUT2D eigenvalue weighted by Crippen LogP contribution is -2.48. The molecule has 0 aliphatic carbocycles. The Morgan fingerprint density at radius 1 is 1.04 bits per heavy atom. The van der Waals surface area contributed by atoms with Gasteiger partial charge in [-0.15, -0.1) is 0 Å². The topological polar surface area (TPSA) is 65.5 Å². The third-order valence-corrected chi connectivity index (χ3v) is 4.39. The number of amides is 2. The first kappa shape index (κ1) is 17.1. The average molecular weight is 338 g/mol. The van der Waals surface area contributed by atoms with E-state index in [1.165, 1.54) is 12.4 Å². The zero-order valence-corrected chi connectivity index (χ0v) is 14.3. The van der Waals surface area contributed by atoms with Crippen LogP contribution in [0.1, 0.15) is 27.6 Å². The molecule has 1 aromatic carbocycles. The minimum absolute atomic E-state index is 0.0717. The van der Waals surface area contributed by atoms with Crippen molar-refractivity contribution in [2.75, 3.05) is 38.0 Å². The summed E-state index contributed by atoms with van der Waals surface area (Å²) in [5, 5.41) is 2.81. The Balaban J connectivity index is 1.68. The number of rotatable bonds is 4. The fraction of sp³-hybridized carbons (Fsp3) is 0.316. The summed E-state index contributed by atoms with van der Waals surface area (Å²) in [6.45, 7) is 6.28. The first-order valence-corrected chi connectivity index (χ1v) is 8.50. The van der Waals surface area contributed by atoms with Crippen molar-refractivity contribution < 1.29 is 9.59 Å². The van der Waals surface area contributed by atoms with Crippen molar-refractivity contribution in [2.45, 2.75) is 6.92 Å². The van der Waals surface area contributed by atoms with Gasteiger partial charge in [-0.3, -0.25) is 14.6 Å². The zero-order valence-electron chi connectivity index (χ0n) is 14.3. The van der Waals surface area contributed by atoms with E-state index < -0.39 is 0 Å². The van der Waals surface area contributed by atoms with Crippen LogP contribution in [0.25, 0.3) is 0 Å². The van der Waals surface area contributed by atoms with Crippen molar-refractivity contribution in [2.24, 2.45) is 0 Å². The van der Waals surface area contributed by atoms with E-state index in [2.05, 4.69) is 22.1 Å². The number of anilines is 1. The number of hydrogen-bond acceptors (Lipinski definition) is 4. The maximum absolute atomic E-state index is 12.7. The van der Waals surface area contributed by atoms with Crippen molar-refractivity contribution >= 4 is 17.5 Å². The van der Waals surface area contributed by atoms with Gasteiger partial charge in [0, 0.05) is 44.3 Å². The molecule has 25 heavy (non-hydrogen) atoms. The maximum atomic E-state index is 12.7. The van der Waals surface area contributed by atoms with Gasteiger partial charge in [0.25, 0.3) is 11.8 Å². The molecule has 2 aromatic rings. The Kier molecular flexibility index (Phi) is 5.40. The SMILES string of the molecule is CCN1CCN(C(=O)c2cncc(C(=O)Nc3ccccc3)c2)CC1. The van der Waals surface area contributed by atoms with Gasteiger partial charge in [-0.1, -0.05) is 25.1 Å². The van der Waals surface area contributed by atoms with Crippen LogP contribution < -0.4 is 5.32 Å². The van der Waals surface area contributed by atoms with Gasteiger partial charge in [-0.2, -0.15) is 0 Å². The van der Waals surface area contributed by atoms with Crippen LogP contribution in [0.3, 0.4) is 0 Å². The molecule has 2 heterocycles. The Hall–Kier alpha value is -2.73. The smallest absolute Gasteiger partial charge is 0.257 e. The Morgan fingerprint density at radius 2 is 1.72 bits per heavy atom. The monoisotopic (exact) mass is 338 g/mol. The predicted molar refractivity (Wildman–Crippen MR) is 96.6 cm³/mol. The number of nitrogens with one attached hydrogen (secondary N) is 1. The van der Waals surface area contributed by atoms with Crippen LogP contribution in [0, 0.1) is 0 Å². The molecule has 1 N–H and O–H groups in total. The molecule has 6 heteroatoms. The molecule has 1 aliphatic rings. The summed E-state index contributed by atoms with van der Waals surface area (Å²) in [6, 6.07) is 10.8. The first-order valence-electron chi connectivity index (χ1n) is 8.50. The van der Waals surface area contributed by atoms with Crippen LogP contribution in [0.5, 0.6) is 0 Å². The molecule has 1 aromatic heterocycles. The lowest BCUT2D eigenvalue weighted by atomic mass is 10.1. The summed E-state index contributed by atoms with van der Waals surface area (Å²) in [7, 11) is 0. The summed E-state index contributed by atoms with van der Waals surface area (Å²) in [5.74, 6) is -0.346. The van der Waals surface area contributed by atoms with E-state index in [1.54, 1.807) is 6.07 Å². The number of carbonyl (C=O) groups excluding carboxylic acids is 2. The van der Waals surface area contributed by atoms with Gasteiger partial charge in [0.15, 0.2) is 0 Å². The molecular weight excluding hydrogens is 316 g/mol. The molecule has 0 unspecified atom stereocenters. The first-order chi connectivity index (χ1) is 12.2. The number of para-hydroxylation sites is 1. The van der Waals surface area contributed by atoms with Gasteiger partial charge in [0.2, 0.25) is 0 Å². The van der Waals surface area contributed by atoms with Gasteiger partial charge in [-0.25, -0.2) is 0 Å². The van der Waals surface area contributed by atoms with Crippen LogP contribution >= 0.6 is 0 Å². The Bertz CT molecular complexity index is 740. The number of aromatic nitrogens is 1. The second kappa shape index (κ2) is 7.90. The van der Waals surface area contributed by atoms with Gasteiger partial charge in [0.1, 0.15) is 0 Å². The van der Waals surface area contributed by atoms with Crippen molar-refractivity contribution in [1.29, 1.82) is 0 Å². The number of carbonyl (C=O) groups is 2. The molecule has 0 radical (unpaired) electrons. The van der Waals surface area contributed by atoms with Crippen molar-refractivity contribution in [3.63, 3.8) is 0 Å². The highest BCUT2D eigenvalue weighted by atomic mass is 16.2. The molecule has 0 atom stereocenters. The standard InChI is InChI=1S/C19H22N4O2/c1-2-22-8-10-23(11-9-22)19(25)16-12-15(13-20-14-16)18(24)21-17-6-4-3-5-7-17/h3-7,12-14H,2,8-11H2,1H3,(H,21,24). The second-order valence-electron chi connectivity index (χ2n) is 6.01. The quantitative estimate of drug-likeness (QED) is 0.927. The van der Waals surface area contributed by atoms with Crippen LogP contribution in [0.15, 0.2) is 48.8 Å². The molecule has 0 bridgehead atoms. The number of piperazine rings is 1. The molecule has 1 fully saturated rings. The van der Waals surface area contributed by atoms with E-state index >= 15 is 0 Å². The maximum Gasteiger partial charge on any atom is 0.257 e. The minimum Gasteiger partial charge on any atom is -0.336 e. The van der Waals surface area contributed by atoms with E-state index in [1.807, 2.05) is 35.2 Å². The van der Waals surface area contributed by atoms with Crippen LogP contribution in [0.2, 0.25) is 0 Å². The van der Waals surface area contributed by atoms with Crippen LogP contribution in [-0.4, -0.2) is 59.3 Å². The summed E-state index contributed by atoms with van der Waals surface area (Å²) in [4.78, 5) is 33.2. The number of benzene rings is 1. The van der Waals surface area contributed by atoms with Gasteiger partial charge in [-0.05, 0) is 24.7 Å². The molecule has 130 valence electrons. The number of likely N-dealkylation sites (N-methyl/N-ethyl adjacent to an activating group) is 1. The number of nitrogens with zero attached hydrogens (tertiary/aromatic N) is 3. The summed E-state index contributed by atoms with van der Waals surface area (Å²) >= 11 is 0. The molecular formula is C19H22N4O2. The molecule has 2 amide bonds. The molecule has 1 aliphatic heterocycles. The fourth-order valence-corrected chi connectivity index (χ4v) is 2.86. The molecule has 1 saturated heterocycles. The summed E-state index contributed by atoms with van der Waals surface area (Å²) in [5.41, 5.74) is 1.53. The Morgan fingerprint density at radius 3 is 2.40 bits per heavy atom. The number of hydrogen-bond donors (Lipinski definition) is 1. The highest BCUT2D eigenvalue weighted by molar-refractivity contribution is 6.05. The Labute approximate surface area is 147 Å². The molecule has 6 nitrogen and oxygen atoms in total. The van der Waals surface area contributed by atoms with E-state index in [-0.39, 0.29) is 11.8 Å². The van der Waals surface area contributed by atoms with Crippen molar-refractivity contribution in [3.05, 3.63) is 59.9 Å². The van der Waals surface area contributed by atoms with Crippen LogP contribution in [-0.2, 0) is 0 Å². The van der Waals surface area contributed by atoms with E-state index in [0.717, 1.165) is 19.6 Å².